The Labute approximate surface area is 248 Å². The Morgan fingerprint density at radius 3 is 1.26 bits per heavy atom. The molecule has 0 aliphatic heterocycles. The molecule has 2 nitrogen and oxygen atoms in total. The molecule has 0 aromatic carbocycles. The summed E-state index contributed by atoms with van der Waals surface area (Å²) in [4.78, 5) is 0. The maximum atomic E-state index is 6.74. The molecule has 1 unspecified atom stereocenters. The molecule has 1 atom stereocenters. The van der Waals surface area contributed by atoms with Crippen molar-refractivity contribution in [2.75, 3.05) is 6.61 Å². The second-order valence-corrected chi connectivity index (χ2v) is 15.4. The van der Waals surface area contributed by atoms with E-state index in [1.807, 2.05) is 0 Å². The molecule has 236 valence electrons. The molecular weight excluding hydrogens is 476 g/mol. The topological polar surface area (TPSA) is 18.5 Å². The molecule has 0 N–H and O–H groups in total. The van der Waals surface area contributed by atoms with Crippen molar-refractivity contribution in [2.24, 2.45) is 10.8 Å². The standard InChI is InChI=1S/C37H76O2/c1-10-12-14-16-18-20-22-24-26-28-30-34(38-31-29-27-25-23-21-19-17-15-13-11-2)39-37(8,9)33-36(6,7)32-35(3,4)5/h34H,10-33H2,1-9H3. The van der Waals surface area contributed by atoms with E-state index in [1.54, 1.807) is 0 Å². The summed E-state index contributed by atoms with van der Waals surface area (Å²) in [6, 6.07) is 0. The fraction of sp³-hybridized carbons (Fsp3) is 1.00. The van der Waals surface area contributed by atoms with Crippen molar-refractivity contribution in [3.63, 3.8) is 0 Å². The molecule has 0 heterocycles. The van der Waals surface area contributed by atoms with Gasteiger partial charge in [-0.3, -0.25) is 0 Å². The van der Waals surface area contributed by atoms with E-state index in [0.29, 0.717) is 5.41 Å². The first-order chi connectivity index (χ1) is 18.4. The zero-order chi connectivity index (χ0) is 29.5. The zero-order valence-corrected chi connectivity index (χ0v) is 28.9. The molecule has 39 heavy (non-hydrogen) atoms. The van der Waals surface area contributed by atoms with Gasteiger partial charge in [-0.1, -0.05) is 164 Å². The number of unbranched alkanes of at least 4 members (excludes halogenated alkanes) is 18. The highest BCUT2D eigenvalue weighted by molar-refractivity contribution is 4.84. The summed E-state index contributed by atoms with van der Waals surface area (Å²) in [7, 11) is 0. The van der Waals surface area contributed by atoms with E-state index in [4.69, 9.17) is 9.47 Å². The van der Waals surface area contributed by atoms with Crippen molar-refractivity contribution in [1.29, 1.82) is 0 Å². The Balaban J connectivity index is 4.46. The van der Waals surface area contributed by atoms with Gasteiger partial charge in [0.1, 0.15) is 0 Å². The van der Waals surface area contributed by atoms with Crippen LogP contribution in [0, 0.1) is 10.8 Å². The highest BCUT2D eigenvalue weighted by Crippen LogP contribution is 2.40. The van der Waals surface area contributed by atoms with Crippen LogP contribution >= 0.6 is 0 Å². The lowest BCUT2D eigenvalue weighted by Crippen LogP contribution is -2.38. The molecule has 0 aliphatic carbocycles. The summed E-state index contributed by atoms with van der Waals surface area (Å²) < 4.78 is 13.2. The number of rotatable bonds is 28. The lowest BCUT2D eigenvalue weighted by molar-refractivity contribution is -0.212. The monoisotopic (exact) mass is 553 g/mol. The average Bonchev–Trinajstić information content (AvgIpc) is 2.80. The van der Waals surface area contributed by atoms with Gasteiger partial charge in [0.25, 0.3) is 0 Å². The summed E-state index contributed by atoms with van der Waals surface area (Å²) in [5, 5.41) is 0. The Kier molecular flexibility index (Phi) is 23.4. The van der Waals surface area contributed by atoms with Crippen LogP contribution in [0.15, 0.2) is 0 Å². The van der Waals surface area contributed by atoms with E-state index < -0.39 is 0 Å². The van der Waals surface area contributed by atoms with E-state index in [1.165, 1.54) is 135 Å². The SMILES string of the molecule is CCCCCCCCCCCCOC(CCCCCCCCCCCC)OC(C)(C)CC(C)(C)CC(C)(C)C. The van der Waals surface area contributed by atoms with Gasteiger partial charge in [0.2, 0.25) is 0 Å². The van der Waals surface area contributed by atoms with E-state index >= 15 is 0 Å². The molecule has 0 bridgehead atoms. The van der Waals surface area contributed by atoms with E-state index in [-0.39, 0.29) is 17.3 Å². The first kappa shape index (κ1) is 38.9. The summed E-state index contributed by atoms with van der Waals surface area (Å²) in [6.45, 7) is 21.9. The van der Waals surface area contributed by atoms with Crippen LogP contribution in [0.3, 0.4) is 0 Å². The van der Waals surface area contributed by atoms with Crippen molar-refractivity contribution in [1.82, 2.24) is 0 Å². The molecule has 0 amide bonds. The lowest BCUT2D eigenvalue weighted by Gasteiger charge is -2.40. The van der Waals surface area contributed by atoms with Gasteiger partial charge < -0.3 is 9.47 Å². The van der Waals surface area contributed by atoms with Gasteiger partial charge >= 0.3 is 0 Å². The fourth-order valence-electron chi connectivity index (χ4n) is 6.83. The predicted octanol–water partition coefficient (Wildman–Crippen LogP) is 13.2. The zero-order valence-electron chi connectivity index (χ0n) is 28.9. The minimum Gasteiger partial charge on any atom is -0.353 e. The Morgan fingerprint density at radius 2 is 0.846 bits per heavy atom. The normalized spacial score (nSPS) is 13.8. The molecule has 0 aromatic rings. The predicted molar refractivity (Wildman–Crippen MR) is 176 cm³/mol. The first-order valence-electron chi connectivity index (χ1n) is 17.7. The number of ether oxygens (including phenoxy) is 2. The third-order valence-corrected chi connectivity index (χ3v) is 7.96. The van der Waals surface area contributed by atoms with Crippen molar-refractivity contribution in [2.45, 2.75) is 222 Å². The van der Waals surface area contributed by atoms with Gasteiger partial charge in [-0.25, -0.2) is 0 Å². The summed E-state index contributed by atoms with van der Waals surface area (Å²) in [5.74, 6) is 0. The van der Waals surface area contributed by atoms with Crippen molar-refractivity contribution in [3.8, 4) is 0 Å². The van der Waals surface area contributed by atoms with Crippen LogP contribution in [0.5, 0.6) is 0 Å². The van der Waals surface area contributed by atoms with Gasteiger partial charge in [0.05, 0.1) is 5.60 Å². The second kappa shape index (κ2) is 23.5. The molecule has 0 aliphatic rings. The first-order valence-corrected chi connectivity index (χ1v) is 17.7. The van der Waals surface area contributed by atoms with Crippen LogP contribution in [0.4, 0.5) is 0 Å². The molecule has 0 fully saturated rings. The second-order valence-electron chi connectivity index (χ2n) is 15.4. The minimum absolute atomic E-state index is 0.0574. The van der Waals surface area contributed by atoms with Gasteiger partial charge in [-0.15, -0.1) is 0 Å². The maximum Gasteiger partial charge on any atom is 0.158 e. The van der Waals surface area contributed by atoms with Crippen LogP contribution in [-0.4, -0.2) is 18.5 Å². The molecule has 0 saturated heterocycles. The summed E-state index contributed by atoms with van der Waals surface area (Å²) in [5.41, 5.74) is 0.413. The molecule has 0 spiro atoms. The molecular formula is C37H76O2. The Hall–Kier alpha value is -0.0800. The van der Waals surface area contributed by atoms with Gasteiger partial charge in [-0.05, 0) is 56.8 Å². The lowest BCUT2D eigenvalue weighted by atomic mass is 9.71. The molecule has 0 saturated carbocycles. The minimum atomic E-state index is -0.171. The van der Waals surface area contributed by atoms with Gasteiger partial charge in [0.15, 0.2) is 6.29 Å². The summed E-state index contributed by atoms with van der Waals surface area (Å²) in [6.07, 6.45) is 30.6. The smallest absolute Gasteiger partial charge is 0.158 e. The van der Waals surface area contributed by atoms with Crippen LogP contribution < -0.4 is 0 Å². The maximum absolute atomic E-state index is 6.74. The fourth-order valence-corrected chi connectivity index (χ4v) is 6.83. The number of hydrogen-bond acceptors (Lipinski definition) is 2. The van der Waals surface area contributed by atoms with Crippen LogP contribution in [0.25, 0.3) is 0 Å². The van der Waals surface area contributed by atoms with Crippen molar-refractivity contribution < 1.29 is 9.47 Å². The molecule has 0 aromatic heterocycles. The third-order valence-electron chi connectivity index (χ3n) is 7.96. The van der Waals surface area contributed by atoms with E-state index in [0.717, 1.165) is 19.4 Å². The van der Waals surface area contributed by atoms with Crippen LogP contribution in [-0.2, 0) is 9.47 Å². The molecule has 0 radical (unpaired) electrons. The van der Waals surface area contributed by atoms with E-state index in [9.17, 15) is 0 Å². The number of hydrogen-bond donors (Lipinski definition) is 0. The van der Waals surface area contributed by atoms with Gasteiger partial charge in [-0.2, -0.15) is 0 Å². The molecule has 2 heteroatoms. The highest BCUT2D eigenvalue weighted by atomic mass is 16.7. The molecule has 0 rings (SSSR count). The largest absolute Gasteiger partial charge is 0.353 e. The van der Waals surface area contributed by atoms with E-state index in [2.05, 4.69) is 62.3 Å². The Morgan fingerprint density at radius 1 is 0.462 bits per heavy atom. The Bertz CT molecular complexity index is 516. The van der Waals surface area contributed by atoms with Gasteiger partial charge in [0, 0.05) is 6.61 Å². The van der Waals surface area contributed by atoms with Crippen molar-refractivity contribution in [3.05, 3.63) is 0 Å². The average molecular weight is 553 g/mol. The van der Waals surface area contributed by atoms with Crippen LogP contribution in [0.2, 0.25) is 0 Å². The van der Waals surface area contributed by atoms with Crippen LogP contribution in [0.1, 0.15) is 210 Å². The third kappa shape index (κ3) is 27.8. The van der Waals surface area contributed by atoms with Crippen molar-refractivity contribution >= 4 is 0 Å². The summed E-state index contributed by atoms with van der Waals surface area (Å²) >= 11 is 0. The highest BCUT2D eigenvalue weighted by Gasteiger charge is 2.34. The quantitative estimate of drug-likeness (QED) is 0.0709.